The lowest BCUT2D eigenvalue weighted by Crippen LogP contribution is -2.31. The van der Waals surface area contributed by atoms with Crippen LogP contribution in [-0.4, -0.2) is 28.8 Å². The molecule has 2 aromatic carbocycles. The zero-order valence-electron chi connectivity index (χ0n) is 19.2. The second-order valence-corrected chi connectivity index (χ2v) is 8.92. The predicted octanol–water partition coefficient (Wildman–Crippen LogP) is 4.83. The Hall–Kier alpha value is -4.04. The van der Waals surface area contributed by atoms with E-state index in [1.54, 1.807) is 6.92 Å². The maximum atomic E-state index is 13.7. The van der Waals surface area contributed by atoms with Gasteiger partial charge in [-0.25, -0.2) is 9.48 Å². The van der Waals surface area contributed by atoms with Gasteiger partial charge in [0.05, 0.1) is 18.4 Å². The number of hydrogen-bond acceptors (Lipinski definition) is 6. The molecule has 34 heavy (non-hydrogen) atoms. The van der Waals surface area contributed by atoms with Crippen LogP contribution < -0.4 is 10.9 Å². The molecule has 0 atom stereocenters. The molecule has 172 valence electrons. The molecule has 7 nitrogen and oxygen atoms in total. The van der Waals surface area contributed by atoms with E-state index in [4.69, 9.17) is 4.74 Å². The Morgan fingerprint density at radius 3 is 2.12 bits per heavy atom. The number of nitrogens with zero attached hydrogens (tertiary/aromatic N) is 2. The van der Waals surface area contributed by atoms with Gasteiger partial charge >= 0.3 is 5.97 Å². The Balaban J connectivity index is 1.95. The molecule has 1 N–H and O–H groups in total. The Morgan fingerprint density at radius 1 is 0.941 bits per heavy atom. The quantitative estimate of drug-likeness (QED) is 0.419. The number of amides is 1. The van der Waals surface area contributed by atoms with Crippen molar-refractivity contribution in [3.63, 3.8) is 0 Å². The number of methoxy groups -OCH3 is 1. The summed E-state index contributed by atoms with van der Waals surface area (Å²) >= 11 is 1.26. The van der Waals surface area contributed by atoms with Crippen molar-refractivity contribution in [3.05, 3.63) is 92.6 Å². The fourth-order valence-electron chi connectivity index (χ4n) is 3.76. The zero-order chi connectivity index (χ0) is 24.4. The van der Waals surface area contributed by atoms with Gasteiger partial charge in [0, 0.05) is 23.1 Å². The molecule has 0 radical (unpaired) electrons. The molecule has 0 aliphatic carbocycles. The Bertz CT molecular complexity index is 1440. The average Bonchev–Trinajstić information content (AvgIpc) is 3.13. The Kier molecular flexibility index (Phi) is 6.43. The van der Waals surface area contributed by atoms with Crippen molar-refractivity contribution in [2.75, 3.05) is 12.4 Å². The predicted molar refractivity (Wildman–Crippen MR) is 133 cm³/mol. The number of hydrogen-bond donors (Lipinski definition) is 1. The largest absolute Gasteiger partial charge is 0.465 e. The van der Waals surface area contributed by atoms with Crippen LogP contribution >= 0.6 is 11.3 Å². The number of aromatic nitrogens is 2. The highest BCUT2D eigenvalue weighted by Crippen LogP contribution is 2.35. The topological polar surface area (TPSA) is 90.3 Å². The number of carbonyl (C=O) groups is 2. The molecule has 2 aromatic heterocycles. The fraction of sp³-hybridized carbons (Fsp3) is 0.154. The van der Waals surface area contributed by atoms with Crippen molar-refractivity contribution in [2.24, 2.45) is 7.05 Å². The van der Waals surface area contributed by atoms with Gasteiger partial charge in [0.1, 0.15) is 10.6 Å². The molecular weight excluding hydrogens is 450 g/mol. The summed E-state index contributed by atoms with van der Waals surface area (Å²) in [7, 11) is 2.80. The summed E-state index contributed by atoms with van der Waals surface area (Å²) in [5.41, 5.74) is 2.80. The van der Waals surface area contributed by atoms with E-state index in [0.29, 0.717) is 21.8 Å². The average molecular weight is 474 g/mol. The second-order valence-electron chi connectivity index (χ2n) is 7.69. The summed E-state index contributed by atoms with van der Waals surface area (Å²) in [6.07, 6.45) is 0. The Labute approximate surface area is 200 Å². The van der Waals surface area contributed by atoms with E-state index in [0.717, 1.165) is 20.7 Å². The molecule has 0 saturated heterocycles. The summed E-state index contributed by atoms with van der Waals surface area (Å²) in [5.74, 6) is -1.17. The zero-order valence-corrected chi connectivity index (χ0v) is 20.0. The van der Waals surface area contributed by atoms with Crippen molar-refractivity contribution in [3.8, 4) is 22.4 Å². The molecule has 0 unspecified atom stereocenters. The van der Waals surface area contributed by atoms with Crippen LogP contribution in [0.3, 0.4) is 0 Å². The van der Waals surface area contributed by atoms with Gasteiger partial charge < -0.3 is 10.1 Å². The molecule has 1 amide bonds. The number of nitrogens with one attached hydrogen (secondary N) is 1. The van der Waals surface area contributed by atoms with Crippen LogP contribution in [0.5, 0.6) is 0 Å². The molecule has 4 aromatic rings. The number of carbonyl (C=O) groups excluding carboxylic acids is 2. The third-order valence-corrected chi connectivity index (χ3v) is 6.71. The fourth-order valence-corrected chi connectivity index (χ4v) is 4.80. The van der Waals surface area contributed by atoms with Gasteiger partial charge in [0.15, 0.2) is 0 Å². The summed E-state index contributed by atoms with van der Waals surface area (Å²) < 4.78 is 6.07. The number of thiophene rings is 1. The molecule has 0 bridgehead atoms. The van der Waals surface area contributed by atoms with Crippen LogP contribution in [0.1, 0.15) is 31.2 Å². The maximum Gasteiger partial charge on any atom is 0.341 e. The van der Waals surface area contributed by atoms with E-state index < -0.39 is 17.4 Å². The second kappa shape index (κ2) is 9.44. The van der Waals surface area contributed by atoms with E-state index in [9.17, 15) is 14.4 Å². The van der Waals surface area contributed by atoms with Crippen LogP contribution in [0.25, 0.3) is 22.4 Å². The molecule has 8 heteroatoms. The third kappa shape index (κ3) is 4.15. The minimum Gasteiger partial charge on any atom is -0.465 e. The van der Waals surface area contributed by atoms with Crippen molar-refractivity contribution < 1.29 is 14.3 Å². The van der Waals surface area contributed by atoms with Crippen LogP contribution in [0.15, 0.2) is 65.5 Å². The highest BCUT2D eigenvalue weighted by atomic mass is 32.1. The Morgan fingerprint density at radius 2 is 1.53 bits per heavy atom. The summed E-state index contributed by atoms with van der Waals surface area (Å²) in [6, 6.07) is 18.6. The first-order valence-corrected chi connectivity index (χ1v) is 11.4. The maximum absolute atomic E-state index is 13.7. The van der Waals surface area contributed by atoms with Crippen LogP contribution in [-0.2, 0) is 11.8 Å². The van der Waals surface area contributed by atoms with Gasteiger partial charge in [-0.1, -0.05) is 60.7 Å². The highest BCUT2D eigenvalue weighted by molar-refractivity contribution is 7.16. The van der Waals surface area contributed by atoms with Crippen LogP contribution in [0, 0.1) is 13.8 Å². The van der Waals surface area contributed by atoms with Crippen molar-refractivity contribution >= 4 is 28.2 Å². The summed E-state index contributed by atoms with van der Waals surface area (Å²) in [6.45, 7) is 3.65. The molecular formula is C26H23N3O4S. The van der Waals surface area contributed by atoms with E-state index >= 15 is 0 Å². The lowest BCUT2D eigenvalue weighted by Gasteiger charge is -2.16. The van der Waals surface area contributed by atoms with Gasteiger partial charge in [-0.3, -0.25) is 9.59 Å². The van der Waals surface area contributed by atoms with Gasteiger partial charge in [-0.05, 0) is 25.0 Å². The van der Waals surface area contributed by atoms with E-state index in [1.807, 2.05) is 67.6 Å². The third-order valence-electron chi connectivity index (χ3n) is 5.58. The van der Waals surface area contributed by atoms with Gasteiger partial charge in [-0.15, -0.1) is 11.3 Å². The SMILES string of the molecule is COC(=O)c1c(NC(=O)c2c(-c3ccccc3)c(-c3ccccc3)nn(C)c2=O)sc(C)c1C. The minimum absolute atomic E-state index is 0.0536. The molecule has 0 aliphatic heterocycles. The van der Waals surface area contributed by atoms with Gasteiger partial charge in [0.2, 0.25) is 0 Å². The van der Waals surface area contributed by atoms with Crippen LogP contribution in [0.4, 0.5) is 5.00 Å². The van der Waals surface area contributed by atoms with Gasteiger partial charge in [-0.2, -0.15) is 5.10 Å². The lowest BCUT2D eigenvalue weighted by molar-refractivity contribution is 0.0601. The van der Waals surface area contributed by atoms with E-state index in [-0.39, 0.29) is 11.1 Å². The number of benzene rings is 2. The van der Waals surface area contributed by atoms with Gasteiger partial charge in [0.25, 0.3) is 11.5 Å². The lowest BCUT2D eigenvalue weighted by atomic mass is 9.95. The highest BCUT2D eigenvalue weighted by Gasteiger charge is 2.27. The summed E-state index contributed by atoms with van der Waals surface area (Å²) in [4.78, 5) is 40.2. The first-order chi connectivity index (χ1) is 16.3. The van der Waals surface area contributed by atoms with E-state index in [1.165, 1.54) is 25.5 Å². The first kappa shape index (κ1) is 23.1. The van der Waals surface area contributed by atoms with E-state index in [2.05, 4.69) is 10.4 Å². The number of aryl methyl sites for hydroxylation is 2. The standard InChI is InChI=1S/C26H23N3O4S/c1-15-16(2)34-24(19(15)26(32)33-4)27-23(30)21-20(17-11-7-5-8-12-17)22(28-29(3)25(21)31)18-13-9-6-10-14-18/h5-14H,1-4H3,(H,27,30). The smallest absolute Gasteiger partial charge is 0.341 e. The molecule has 2 heterocycles. The molecule has 0 saturated carbocycles. The molecule has 0 aliphatic rings. The molecule has 0 spiro atoms. The number of anilines is 1. The first-order valence-electron chi connectivity index (χ1n) is 10.5. The number of rotatable bonds is 5. The molecule has 4 rings (SSSR count). The monoisotopic (exact) mass is 473 g/mol. The minimum atomic E-state index is -0.620. The van der Waals surface area contributed by atoms with Crippen LogP contribution in [0.2, 0.25) is 0 Å². The van der Waals surface area contributed by atoms with Crippen molar-refractivity contribution in [2.45, 2.75) is 13.8 Å². The molecule has 0 fully saturated rings. The number of ether oxygens (including phenoxy) is 1. The van der Waals surface area contributed by atoms with Crippen molar-refractivity contribution in [1.82, 2.24) is 9.78 Å². The van der Waals surface area contributed by atoms with Crippen molar-refractivity contribution in [1.29, 1.82) is 0 Å². The normalized spacial score (nSPS) is 10.7. The number of esters is 1. The summed E-state index contributed by atoms with van der Waals surface area (Å²) in [5, 5.41) is 7.64.